The summed E-state index contributed by atoms with van der Waals surface area (Å²) in [6.45, 7) is 1.93. The van der Waals surface area contributed by atoms with Gasteiger partial charge in [-0.15, -0.1) is 11.8 Å². The predicted octanol–water partition coefficient (Wildman–Crippen LogP) is 4.33. The Morgan fingerprint density at radius 1 is 1.22 bits per heavy atom. The van der Waals surface area contributed by atoms with Crippen molar-refractivity contribution in [2.45, 2.75) is 18.0 Å². The lowest BCUT2D eigenvalue weighted by molar-refractivity contribution is -0.137. The minimum atomic E-state index is -4.52. The molecule has 1 N–H and O–H groups in total. The van der Waals surface area contributed by atoms with Crippen LogP contribution in [0.4, 0.5) is 18.9 Å². The van der Waals surface area contributed by atoms with E-state index in [0.717, 1.165) is 22.6 Å². The van der Waals surface area contributed by atoms with Gasteiger partial charge in [-0.05, 0) is 36.8 Å². The Bertz CT molecular complexity index is 942. The highest BCUT2D eigenvalue weighted by Crippen LogP contribution is 2.33. The Morgan fingerprint density at radius 2 is 2.00 bits per heavy atom. The van der Waals surface area contributed by atoms with Crippen LogP contribution in [-0.2, 0) is 11.0 Å². The summed E-state index contributed by atoms with van der Waals surface area (Å²) in [5.41, 5.74) is 0.492. The van der Waals surface area contributed by atoms with Gasteiger partial charge in [0.05, 0.1) is 22.7 Å². The molecular formula is C18H15F3N4OS. The maximum Gasteiger partial charge on any atom is 0.416 e. The van der Waals surface area contributed by atoms with Crippen molar-refractivity contribution in [1.82, 2.24) is 14.8 Å². The number of rotatable bonds is 5. The van der Waals surface area contributed by atoms with Crippen LogP contribution >= 0.6 is 11.8 Å². The van der Waals surface area contributed by atoms with E-state index < -0.39 is 17.6 Å². The van der Waals surface area contributed by atoms with Gasteiger partial charge in [0.1, 0.15) is 12.7 Å². The standard InChI is InChI=1S/C18H15F3N4OS/c1-12-4-2-3-5-16(12)27-9-17(26)24-14-8-13(18(19,20)21)6-7-15(14)25-11-22-10-23-25/h2-8,10-11H,9H2,1H3,(H,24,26). The Kier molecular flexibility index (Phi) is 5.50. The van der Waals surface area contributed by atoms with E-state index in [-0.39, 0.29) is 11.4 Å². The van der Waals surface area contributed by atoms with Gasteiger partial charge in [-0.3, -0.25) is 4.79 Å². The number of halogens is 3. The topological polar surface area (TPSA) is 59.8 Å². The molecule has 27 heavy (non-hydrogen) atoms. The number of carbonyl (C=O) groups excluding carboxylic acids is 1. The van der Waals surface area contributed by atoms with Gasteiger partial charge in [-0.2, -0.15) is 18.3 Å². The maximum absolute atomic E-state index is 13.0. The van der Waals surface area contributed by atoms with Gasteiger partial charge < -0.3 is 5.32 Å². The normalized spacial score (nSPS) is 11.4. The van der Waals surface area contributed by atoms with E-state index in [4.69, 9.17) is 0 Å². The molecule has 0 aliphatic rings. The molecule has 0 atom stereocenters. The Hall–Kier alpha value is -2.81. The minimum Gasteiger partial charge on any atom is -0.323 e. The van der Waals surface area contributed by atoms with Crippen molar-refractivity contribution in [3.63, 3.8) is 0 Å². The molecule has 2 aromatic carbocycles. The van der Waals surface area contributed by atoms with Gasteiger partial charge >= 0.3 is 6.18 Å². The average Bonchev–Trinajstić information content (AvgIpc) is 3.14. The fraction of sp³-hybridized carbons (Fsp3) is 0.167. The number of hydrogen-bond donors (Lipinski definition) is 1. The van der Waals surface area contributed by atoms with Gasteiger partial charge in [-0.25, -0.2) is 9.67 Å². The molecule has 9 heteroatoms. The number of nitrogens with one attached hydrogen (secondary N) is 1. The van der Waals surface area contributed by atoms with Gasteiger partial charge in [0.25, 0.3) is 0 Å². The first kappa shape index (κ1) is 19.0. The fourth-order valence-electron chi connectivity index (χ4n) is 2.39. The van der Waals surface area contributed by atoms with Crippen molar-refractivity contribution < 1.29 is 18.0 Å². The van der Waals surface area contributed by atoms with Crippen molar-refractivity contribution in [2.75, 3.05) is 11.1 Å². The molecule has 140 valence electrons. The number of nitrogens with zero attached hydrogens (tertiary/aromatic N) is 3. The summed E-state index contributed by atoms with van der Waals surface area (Å²) in [7, 11) is 0. The van der Waals surface area contributed by atoms with Crippen molar-refractivity contribution in [3.8, 4) is 5.69 Å². The average molecular weight is 392 g/mol. The molecule has 0 spiro atoms. The van der Waals surface area contributed by atoms with E-state index in [1.807, 2.05) is 31.2 Å². The molecule has 0 unspecified atom stereocenters. The smallest absolute Gasteiger partial charge is 0.323 e. The van der Waals surface area contributed by atoms with Crippen LogP contribution < -0.4 is 5.32 Å². The molecule has 1 amide bonds. The monoisotopic (exact) mass is 392 g/mol. The zero-order valence-corrected chi connectivity index (χ0v) is 15.0. The number of aromatic nitrogens is 3. The summed E-state index contributed by atoms with van der Waals surface area (Å²) < 4.78 is 40.4. The van der Waals surface area contributed by atoms with Gasteiger partial charge in [0.15, 0.2) is 0 Å². The van der Waals surface area contributed by atoms with Crippen LogP contribution in [-0.4, -0.2) is 26.4 Å². The summed E-state index contributed by atoms with van der Waals surface area (Å²) in [6, 6.07) is 10.7. The molecule has 0 bridgehead atoms. The van der Waals surface area contributed by atoms with E-state index in [1.54, 1.807) is 0 Å². The van der Waals surface area contributed by atoms with Crippen LogP contribution in [0.25, 0.3) is 5.69 Å². The summed E-state index contributed by atoms with van der Waals surface area (Å²) in [5.74, 6) is -0.346. The SMILES string of the molecule is Cc1ccccc1SCC(=O)Nc1cc(C(F)(F)F)ccc1-n1cncn1. The van der Waals surface area contributed by atoms with Crippen molar-refractivity contribution in [1.29, 1.82) is 0 Å². The zero-order valence-electron chi connectivity index (χ0n) is 14.2. The molecule has 3 aromatic rings. The second kappa shape index (κ2) is 7.83. The number of anilines is 1. The van der Waals surface area contributed by atoms with Crippen LogP contribution in [0.2, 0.25) is 0 Å². The number of amides is 1. The van der Waals surface area contributed by atoms with Gasteiger partial charge in [-0.1, -0.05) is 18.2 Å². The molecule has 1 aromatic heterocycles. The van der Waals surface area contributed by atoms with Crippen molar-refractivity contribution in [3.05, 3.63) is 66.2 Å². The quantitative estimate of drug-likeness (QED) is 0.657. The summed E-state index contributed by atoms with van der Waals surface area (Å²) in [5, 5.41) is 6.47. The first-order chi connectivity index (χ1) is 12.8. The summed E-state index contributed by atoms with van der Waals surface area (Å²) >= 11 is 1.32. The first-order valence-electron chi connectivity index (χ1n) is 7.89. The van der Waals surface area contributed by atoms with Crippen LogP contribution in [0.3, 0.4) is 0 Å². The summed E-state index contributed by atoms with van der Waals surface area (Å²) in [6.07, 6.45) is -1.91. The number of aryl methyl sites for hydroxylation is 1. The van der Waals surface area contributed by atoms with E-state index in [9.17, 15) is 18.0 Å². The molecule has 1 heterocycles. The van der Waals surface area contributed by atoms with E-state index in [1.165, 1.54) is 35.2 Å². The van der Waals surface area contributed by atoms with Crippen LogP contribution in [0.5, 0.6) is 0 Å². The lowest BCUT2D eigenvalue weighted by Gasteiger charge is -2.14. The largest absolute Gasteiger partial charge is 0.416 e. The summed E-state index contributed by atoms with van der Waals surface area (Å²) in [4.78, 5) is 17.0. The first-order valence-corrected chi connectivity index (χ1v) is 8.87. The highest BCUT2D eigenvalue weighted by molar-refractivity contribution is 8.00. The molecule has 0 fully saturated rings. The molecule has 0 saturated heterocycles. The highest BCUT2D eigenvalue weighted by Gasteiger charge is 2.31. The number of thioether (sulfide) groups is 1. The highest BCUT2D eigenvalue weighted by atomic mass is 32.2. The molecular weight excluding hydrogens is 377 g/mol. The Balaban J connectivity index is 1.81. The molecule has 0 saturated carbocycles. The third kappa shape index (κ3) is 4.68. The molecule has 5 nitrogen and oxygen atoms in total. The molecule has 0 aliphatic carbocycles. The number of carbonyl (C=O) groups is 1. The van der Waals surface area contributed by atoms with Crippen molar-refractivity contribution >= 4 is 23.4 Å². The molecule has 0 aliphatic heterocycles. The van der Waals surface area contributed by atoms with Gasteiger partial charge in [0.2, 0.25) is 5.91 Å². The van der Waals surface area contributed by atoms with Gasteiger partial charge in [0, 0.05) is 4.90 Å². The third-order valence-corrected chi connectivity index (χ3v) is 4.89. The van der Waals surface area contributed by atoms with Crippen LogP contribution in [0.1, 0.15) is 11.1 Å². The second-order valence-electron chi connectivity index (χ2n) is 5.67. The van der Waals surface area contributed by atoms with E-state index in [0.29, 0.717) is 5.69 Å². The van der Waals surface area contributed by atoms with Crippen molar-refractivity contribution in [2.24, 2.45) is 0 Å². The maximum atomic E-state index is 13.0. The predicted molar refractivity (Wildman–Crippen MR) is 96.9 cm³/mol. The second-order valence-corrected chi connectivity index (χ2v) is 6.69. The lowest BCUT2D eigenvalue weighted by atomic mass is 10.1. The lowest BCUT2D eigenvalue weighted by Crippen LogP contribution is -2.17. The Morgan fingerprint density at radius 3 is 2.67 bits per heavy atom. The molecule has 0 radical (unpaired) electrons. The van der Waals surface area contributed by atoms with E-state index in [2.05, 4.69) is 15.4 Å². The van der Waals surface area contributed by atoms with E-state index >= 15 is 0 Å². The van der Waals surface area contributed by atoms with Crippen LogP contribution in [0.15, 0.2) is 60.0 Å². The number of hydrogen-bond acceptors (Lipinski definition) is 4. The number of alkyl halides is 3. The zero-order chi connectivity index (χ0) is 19.4. The minimum absolute atomic E-state index is 0.0192. The number of benzene rings is 2. The third-order valence-electron chi connectivity index (χ3n) is 3.72. The molecule has 3 rings (SSSR count). The Labute approximate surface area is 157 Å². The van der Waals surface area contributed by atoms with Crippen LogP contribution in [0, 0.1) is 6.92 Å². The fourth-order valence-corrected chi connectivity index (χ4v) is 3.22.